The van der Waals surface area contributed by atoms with Gasteiger partial charge in [-0.15, -0.1) is 0 Å². The second-order valence-corrected chi connectivity index (χ2v) is 9.82. The number of rotatable bonds is 8. The minimum Gasteiger partial charge on any atom is -0.475 e. The van der Waals surface area contributed by atoms with Crippen LogP contribution in [0, 0.1) is 5.92 Å². The Morgan fingerprint density at radius 1 is 1.09 bits per heavy atom. The molecule has 1 saturated carbocycles. The highest BCUT2D eigenvalue weighted by Crippen LogP contribution is 2.45. The number of halogens is 3. The number of hydrogen-bond donors (Lipinski definition) is 1. The maximum absolute atomic E-state index is 14.3. The molecule has 0 heterocycles. The van der Waals surface area contributed by atoms with Gasteiger partial charge in [-0.1, -0.05) is 13.8 Å². The Morgan fingerprint density at radius 3 is 2.00 bits per heavy atom. The molecule has 0 spiro atoms. The van der Waals surface area contributed by atoms with Crippen LogP contribution in [0.15, 0.2) is 17.0 Å². The van der Waals surface area contributed by atoms with Crippen LogP contribution >= 0.6 is 0 Å². The minimum atomic E-state index is -5.34. The average molecular weight is 491 g/mol. The largest absolute Gasteiger partial charge is 0.475 e. The molecule has 8 nitrogen and oxygen atoms in total. The van der Waals surface area contributed by atoms with E-state index in [0.29, 0.717) is 12.3 Å². The summed E-state index contributed by atoms with van der Waals surface area (Å²) in [5.74, 6) is -7.35. The molecule has 1 aromatic rings. The molecule has 1 aliphatic carbocycles. The van der Waals surface area contributed by atoms with E-state index in [-0.39, 0.29) is 32.1 Å². The summed E-state index contributed by atoms with van der Waals surface area (Å²) < 4.78 is 72.8. The first-order valence-corrected chi connectivity index (χ1v) is 12.0. The topological polar surface area (TPSA) is 138 Å². The van der Waals surface area contributed by atoms with Crippen molar-refractivity contribution >= 4 is 33.1 Å². The second kappa shape index (κ2) is 9.24. The zero-order valence-electron chi connectivity index (χ0n) is 18.2. The van der Waals surface area contributed by atoms with Crippen molar-refractivity contribution in [3.63, 3.8) is 0 Å². The first-order chi connectivity index (χ1) is 15.1. The van der Waals surface area contributed by atoms with E-state index in [2.05, 4.69) is 0 Å². The molecule has 2 rings (SSSR count). The van der Waals surface area contributed by atoms with Gasteiger partial charge in [0.2, 0.25) is 0 Å². The number of amides is 1. The summed E-state index contributed by atoms with van der Waals surface area (Å²) in [6.45, 7) is 2.83. The number of nitrogens with two attached hydrogens (primary N) is 1. The van der Waals surface area contributed by atoms with E-state index < -0.39 is 72.6 Å². The Balaban J connectivity index is 2.91. The maximum atomic E-state index is 14.3. The predicted octanol–water partition coefficient (Wildman–Crippen LogP) is 2.65. The highest BCUT2D eigenvalue weighted by Gasteiger charge is 2.47. The first-order valence-electron chi connectivity index (χ1n) is 10.1. The molecule has 33 heavy (non-hydrogen) atoms. The van der Waals surface area contributed by atoms with Crippen LogP contribution in [0.2, 0.25) is 0 Å². The molecule has 0 aliphatic heterocycles. The van der Waals surface area contributed by atoms with Gasteiger partial charge in [-0.05, 0) is 31.4 Å². The number of ether oxygens (including phenoxy) is 1. The van der Waals surface area contributed by atoms with Gasteiger partial charge in [-0.3, -0.25) is 19.2 Å². The van der Waals surface area contributed by atoms with Gasteiger partial charge in [-0.2, -0.15) is 13.2 Å². The SMILES string of the molecule is CCC(CC)(Oc1c(S(C)(=O)=O)ccc(C(=O)C2C(=O)CCCC2=O)c1C(F)(F)F)C(N)=O. The van der Waals surface area contributed by atoms with Crippen molar-refractivity contribution in [2.45, 2.75) is 62.6 Å². The van der Waals surface area contributed by atoms with Crippen molar-refractivity contribution in [1.82, 2.24) is 0 Å². The van der Waals surface area contributed by atoms with Crippen molar-refractivity contribution in [2.24, 2.45) is 11.7 Å². The van der Waals surface area contributed by atoms with Gasteiger partial charge in [0.1, 0.15) is 16.4 Å². The molecule has 1 aliphatic rings. The Hall–Kier alpha value is -2.76. The van der Waals surface area contributed by atoms with Gasteiger partial charge in [0, 0.05) is 24.7 Å². The second-order valence-electron chi connectivity index (χ2n) is 7.84. The lowest BCUT2D eigenvalue weighted by molar-refractivity contribution is -0.145. The van der Waals surface area contributed by atoms with Crippen molar-refractivity contribution < 1.29 is 45.5 Å². The molecule has 1 aromatic carbocycles. The van der Waals surface area contributed by atoms with Crippen LogP contribution in [0.3, 0.4) is 0 Å². The third kappa shape index (κ3) is 5.10. The number of carbonyl (C=O) groups is 4. The molecule has 0 atom stereocenters. The summed E-state index contributed by atoms with van der Waals surface area (Å²) >= 11 is 0. The standard InChI is InChI=1S/C21H24F3NO7S/c1-4-20(5-2,19(25)29)32-18-14(33(3,30)31)10-9-11(16(18)21(22,23)24)17(28)15-12(26)7-6-8-13(15)27/h9-10,15H,4-8H2,1-3H3,(H2,25,29). The fourth-order valence-electron chi connectivity index (χ4n) is 3.79. The summed E-state index contributed by atoms with van der Waals surface area (Å²) in [5.41, 5.74) is 0.480. The van der Waals surface area contributed by atoms with Gasteiger partial charge >= 0.3 is 6.18 Å². The van der Waals surface area contributed by atoms with Gasteiger partial charge in [0.15, 0.2) is 38.5 Å². The van der Waals surface area contributed by atoms with Crippen molar-refractivity contribution in [3.05, 3.63) is 23.3 Å². The van der Waals surface area contributed by atoms with Crippen LogP contribution in [-0.4, -0.2) is 43.5 Å². The minimum absolute atomic E-state index is 0.148. The van der Waals surface area contributed by atoms with Gasteiger partial charge in [0.05, 0.1) is 0 Å². The summed E-state index contributed by atoms with van der Waals surface area (Å²) in [6.07, 6.45) is -5.21. The lowest BCUT2D eigenvalue weighted by atomic mass is 9.80. The zero-order valence-corrected chi connectivity index (χ0v) is 19.1. The predicted molar refractivity (Wildman–Crippen MR) is 109 cm³/mol. The lowest BCUT2D eigenvalue weighted by Crippen LogP contribution is -2.48. The number of hydrogen-bond acceptors (Lipinski definition) is 7. The Kier molecular flexibility index (Phi) is 7.42. The Bertz CT molecular complexity index is 1090. The number of sulfone groups is 1. The zero-order chi connectivity index (χ0) is 25.4. The van der Waals surface area contributed by atoms with Crippen LogP contribution in [0.25, 0.3) is 0 Å². The van der Waals surface area contributed by atoms with E-state index in [4.69, 9.17) is 10.5 Å². The third-order valence-corrected chi connectivity index (χ3v) is 6.83. The quantitative estimate of drug-likeness (QED) is 0.436. The molecular weight excluding hydrogens is 467 g/mol. The van der Waals surface area contributed by atoms with Crippen molar-refractivity contribution in [2.75, 3.05) is 6.26 Å². The van der Waals surface area contributed by atoms with Gasteiger partial charge in [-0.25, -0.2) is 8.42 Å². The lowest BCUT2D eigenvalue weighted by Gasteiger charge is -2.32. The van der Waals surface area contributed by atoms with E-state index in [1.54, 1.807) is 0 Å². The van der Waals surface area contributed by atoms with E-state index in [0.717, 1.165) is 6.07 Å². The average Bonchev–Trinajstić information content (AvgIpc) is 2.69. The van der Waals surface area contributed by atoms with Crippen LogP contribution < -0.4 is 10.5 Å². The highest BCUT2D eigenvalue weighted by molar-refractivity contribution is 7.90. The van der Waals surface area contributed by atoms with Gasteiger partial charge in [0.25, 0.3) is 5.91 Å². The number of primary amides is 1. The molecule has 1 fully saturated rings. The molecule has 0 saturated heterocycles. The van der Waals surface area contributed by atoms with E-state index in [1.165, 1.54) is 13.8 Å². The smallest absolute Gasteiger partial charge is 0.420 e. The molecule has 12 heteroatoms. The fourth-order valence-corrected chi connectivity index (χ4v) is 4.58. The molecule has 182 valence electrons. The Morgan fingerprint density at radius 2 is 1.61 bits per heavy atom. The Labute approximate surface area is 188 Å². The van der Waals surface area contributed by atoms with E-state index in [9.17, 15) is 40.8 Å². The first kappa shape index (κ1) is 26.5. The summed E-state index contributed by atoms with van der Waals surface area (Å²) in [5, 5.41) is 0. The van der Waals surface area contributed by atoms with Crippen LogP contribution in [-0.2, 0) is 30.4 Å². The van der Waals surface area contributed by atoms with E-state index >= 15 is 0 Å². The van der Waals surface area contributed by atoms with Crippen LogP contribution in [0.4, 0.5) is 13.2 Å². The monoisotopic (exact) mass is 491 g/mol. The van der Waals surface area contributed by atoms with Crippen LogP contribution in [0.5, 0.6) is 5.75 Å². The number of carbonyl (C=O) groups excluding carboxylic acids is 4. The number of Topliss-reactive ketones (excluding diaryl/α,β-unsaturated/α-hetero) is 3. The summed E-state index contributed by atoms with van der Waals surface area (Å²) in [7, 11) is -4.34. The van der Waals surface area contributed by atoms with Crippen molar-refractivity contribution in [3.8, 4) is 5.75 Å². The molecule has 0 radical (unpaired) electrons. The molecular formula is C21H24F3NO7S. The highest BCUT2D eigenvalue weighted by atomic mass is 32.2. The molecule has 1 amide bonds. The van der Waals surface area contributed by atoms with Crippen LogP contribution in [0.1, 0.15) is 61.9 Å². The normalized spacial score (nSPS) is 16.1. The molecule has 0 unspecified atom stereocenters. The van der Waals surface area contributed by atoms with Gasteiger partial charge < -0.3 is 10.5 Å². The van der Waals surface area contributed by atoms with E-state index in [1.807, 2.05) is 0 Å². The molecule has 0 aromatic heterocycles. The molecule has 0 bridgehead atoms. The van der Waals surface area contributed by atoms with Crippen molar-refractivity contribution in [1.29, 1.82) is 0 Å². The maximum Gasteiger partial charge on any atom is 0.420 e. The number of benzene rings is 1. The molecule has 2 N–H and O–H groups in total. The summed E-state index contributed by atoms with van der Waals surface area (Å²) in [4.78, 5) is 48.5. The third-order valence-electron chi connectivity index (χ3n) is 5.71. The summed E-state index contributed by atoms with van der Waals surface area (Å²) in [6, 6.07) is 1.33. The number of alkyl halides is 3. The fraction of sp³-hybridized carbons (Fsp3) is 0.524. The number of ketones is 3.